The van der Waals surface area contributed by atoms with E-state index in [1.54, 1.807) is 0 Å². The van der Waals surface area contributed by atoms with Gasteiger partial charge in [0.1, 0.15) is 0 Å². The van der Waals surface area contributed by atoms with Crippen molar-refractivity contribution in [2.75, 3.05) is 0 Å². The summed E-state index contributed by atoms with van der Waals surface area (Å²) in [6, 6.07) is 0. The number of hydrogen-bond acceptors (Lipinski definition) is 2. The van der Waals surface area contributed by atoms with Gasteiger partial charge in [0, 0.05) is 10.7 Å². The summed E-state index contributed by atoms with van der Waals surface area (Å²) in [4.78, 5) is 0. The summed E-state index contributed by atoms with van der Waals surface area (Å²) in [7, 11) is 2.05. The predicted molar refractivity (Wildman–Crippen MR) is 50.8 cm³/mol. The molecule has 1 rings (SSSR count). The fourth-order valence-electron chi connectivity index (χ4n) is 1.80. The van der Waals surface area contributed by atoms with E-state index in [1.165, 1.54) is 0 Å². The van der Waals surface area contributed by atoms with Gasteiger partial charge >= 0.3 is 0 Å². The first kappa shape index (κ1) is 10.3. The Balaban J connectivity index is 2.73. The van der Waals surface area contributed by atoms with Crippen LogP contribution in [-0.4, -0.2) is 13.2 Å². The Kier molecular flexibility index (Phi) is 2.74. The minimum Gasteiger partial charge on any atom is -0.212 e. The molecule has 0 N–H and O–H groups in total. The van der Waals surface area contributed by atoms with Crippen LogP contribution < -0.4 is 0 Å². The smallest absolute Gasteiger partial charge is 0.212 e. The van der Waals surface area contributed by atoms with Gasteiger partial charge in [-0.15, -0.1) is 0 Å². The second-order valence-electron chi connectivity index (χ2n) is 3.69. The molecule has 0 bridgehead atoms. The van der Waals surface area contributed by atoms with E-state index in [4.69, 9.17) is 10.7 Å². The average Bonchev–Trinajstić information content (AvgIpc) is 2.63. The Morgan fingerprint density at radius 3 is 2.25 bits per heavy atom. The molecule has 2 nitrogen and oxygen atoms in total. The lowest BCUT2D eigenvalue weighted by Crippen LogP contribution is -2.26. The molecule has 0 aromatic heterocycles. The summed E-state index contributed by atoms with van der Waals surface area (Å²) in [5.41, 5.74) is 0. The lowest BCUT2D eigenvalue weighted by molar-refractivity contribution is 0.467. The average molecular weight is 211 g/mol. The van der Waals surface area contributed by atoms with Crippen molar-refractivity contribution < 1.29 is 8.42 Å². The normalized spacial score (nSPS) is 23.6. The van der Waals surface area contributed by atoms with Crippen molar-refractivity contribution in [3.05, 3.63) is 0 Å². The minimum atomic E-state index is -3.34. The van der Waals surface area contributed by atoms with Gasteiger partial charge in [-0.3, -0.25) is 0 Å². The quantitative estimate of drug-likeness (QED) is 0.669. The summed E-state index contributed by atoms with van der Waals surface area (Å²) in [5, 5.41) is 0. The maximum Gasteiger partial charge on any atom is 0.238 e. The van der Waals surface area contributed by atoms with Crippen LogP contribution in [0, 0.1) is 5.92 Å². The van der Waals surface area contributed by atoms with Crippen LogP contribution in [0.15, 0.2) is 0 Å². The van der Waals surface area contributed by atoms with Crippen molar-refractivity contribution in [3.8, 4) is 0 Å². The molecular formula is C8H15ClO2S. The van der Waals surface area contributed by atoms with Crippen LogP contribution >= 0.6 is 10.7 Å². The summed E-state index contributed by atoms with van der Waals surface area (Å²) in [6.07, 6.45) is 3.47. The fourth-order valence-corrected chi connectivity index (χ4v) is 3.90. The number of hydrogen-bond donors (Lipinski definition) is 0. The van der Waals surface area contributed by atoms with E-state index >= 15 is 0 Å². The monoisotopic (exact) mass is 210 g/mol. The van der Waals surface area contributed by atoms with Crippen molar-refractivity contribution in [2.24, 2.45) is 5.92 Å². The zero-order chi connectivity index (χ0) is 9.41. The molecule has 0 amide bonds. The molecule has 0 aromatic rings. The standard InChI is InChI=1S/C8H15ClO2S/c1-3-4-7(2)8(5-6-8)12(9,10)11/h7H,3-6H2,1-2H3. The SMILES string of the molecule is CCCC(C)C1(S(=O)(=O)Cl)CC1. The molecular weight excluding hydrogens is 196 g/mol. The third kappa shape index (κ3) is 1.62. The molecule has 0 saturated heterocycles. The van der Waals surface area contributed by atoms with Gasteiger partial charge in [-0.05, 0) is 25.2 Å². The van der Waals surface area contributed by atoms with Crippen molar-refractivity contribution in [3.63, 3.8) is 0 Å². The molecule has 1 fully saturated rings. The van der Waals surface area contributed by atoms with Gasteiger partial charge in [-0.2, -0.15) is 0 Å². The molecule has 1 atom stereocenters. The highest BCUT2D eigenvalue weighted by atomic mass is 35.7. The van der Waals surface area contributed by atoms with Gasteiger partial charge in [0.05, 0.1) is 4.75 Å². The highest BCUT2D eigenvalue weighted by molar-refractivity contribution is 8.15. The van der Waals surface area contributed by atoms with E-state index in [1.807, 2.05) is 6.92 Å². The molecule has 1 aliphatic rings. The zero-order valence-corrected chi connectivity index (χ0v) is 9.08. The highest BCUT2D eigenvalue weighted by Gasteiger charge is 2.56. The fraction of sp³-hybridized carbons (Fsp3) is 1.00. The van der Waals surface area contributed by atoms with E-state index in [-0.39, 0.29) is 5.92 Å². The number of rotatable bonds is 4. The first-order valence-electron chi connectivity index (χ1n) is 4.38. The topological polar surface area (TPSA) is 34.1 Å². The van der Waals surface area contributed by atoms with Crippen LogP contribution in [0.5, 0.6) is 0 Å². The van der Waals surface area contributed by atoms with E-state index in [9.17, 15) is 8.42 Å². The third-order valence-corrected chi connectivity index (χ3v) is 5.55. The largest absolute Gasteiger partial charge is 0.238 e. The van der Waals surface area contributed by atoms with E-state index < -0.39 is 13.8 Å². The molecule has 1 unspecified atom stereocenters. The Labute approximate surface area is 78.7 Å². The summed E-state index contributed by atoms with van der Waals surface area (Å²) >= 11 is 0. The summed E-state index contributed by atoms with van der Waals surface area (Å²) < 4.78 is 21.8. The first-order valence-corrected chi connectivity index (χ1v) is 6.69. The molecule has 1 aliphatic carbocycles. The van der Waals surface area contributed by atoms with E-state index in [2.05, 4.69) is 6.92 Å². The van der Waals surface area contributed by atoms with Crippen LogP contribution in [-0.2, 0) is 9.05 Å². The first-order chi connectivity index (χ1) is 5.44. The lowest BCUT2D eigenvalue weighted by Gasteiger charge is -2.19. The second kappa shape index (κ2) is 3.18. The highest BCUT2D eigenvalue weighted by Crippen LogP contribution is 2.52. The maximum atomic E-state index is 11.2. The van der Waals surface area contributed by atoms with Gasteiger partial charge in [0.25, 0.3) is 0 Å². The minimum absolute atomic E-state index is 0.213. The molecule has 4 heteroatoms. The summed E-state index contributed by atoms with van der Waals surface area (Å²) in [5.74, 6) is 0.213. The van der Waals surface area contributed by atoms with E-state index in [0.29, 0.717) is 0 Å². The van der Waals surface area contributed by atoms with Crippen molar-refractivity contribution in [1.82, 2.24) is 0 Å². The molecule has 0 spiro atoms. The number of halogens is 1. The van der Waals surface area contributed by atoms with Gasteiger partial charge in [0.15, 0.2) is 0 Å². The van der Waals surface area contributed by atoms with Crippen LogP contribution in [0.1, 0.15) is 39.5 Å². The van der Waals surface area contributed by atoms with Gasteiger partial charge in [-0.1, -0.05) is 20.3 Å². The zero-order valence-electron chi connectivity index (χ0n) is 7.51. The lowest BCUT2D eigenvalue weighted by atomic mass is 10.0. The second-order valence-corrected chi connectivity index (χ2v) is 6.60. The van der Waals surface area contributed by atoms with Crippen molar-refractivity contribution >= 4 is 19.7 Å². The Morgan fingerprint density at radius 1 is 1.50 bits per heavy atom. The van der Waals surface area contributed by atoms with Crippen LogP contribution in [0.25, 0.3) is 0 Å². The molecule has 0 aliphatic heterocycles. The molecule has 0 aromatic carbocycles. The Morgan fingerprint density at radius 2 is 2.00 bits per heavy atom. The maximum absolute atomic E-state index is 11.2. The third-order valence-electron chi connectivity index (χ3n) is 2.85. The van der Waals surface area contributed by atoms with Crippen LogP contribution in [0.3, 0.4) is 0 Å². The molecule has 0 heterocycles. The van der Waals surface area contributed by atoms with Crippen molar-refractivity contribution in [1.29, 1.82) is 0 Å². The van der Waals surface area contributed by atoms with E-state index in [0.717, 1.165) is 25.7 Å². The van der Waals surface area contributed by atoms with Gasteiger partial charge < -0.3 is 0 Å². The summed E-state index contributed by atoms with van der Waals surface area (Å²) in [6.45, 7) is 4.05. The van der Waals surface area contributed by atoms with Crippen LogP contribution in [0.2, 0.25) is 0 Å². The molecule has 12 heavy (non-hydrogen) atoms. The van der Waals surface area contributed by atoms with Gasteiger partial charge in [-0.25, -0.2) is 8.42 Å². The Hall–Kier alpha value is 0.240. The van der Waals surface area contributed by atoms with Gasteiger partial charge in [0.2, 0.25) is 9.05 Å². The molecule has 72 valence electrons. The Bertz CT molecular complexity index is 254. The molecule has 1 saturated carbocycles. The van der Waals surface area contributed by atoms with Crippen LogP contribution in [0.4, 0.5) is 0 Å². The molecule has 0 radical (unpaired) electrons. The van der Waals surface area contributed by atoms with Crippen molar-refractivity contribution in [2.45, 2.75) is 44.3 Å². The predicted octanol–water partition coefficient (Wildman–Crippen LogP) is 2.52.